The highest BCUT2D eigenvalue weighted by atomic mass is 32.1. The average Bonchev–Trinajstić information content (AvgIpc) is 2.78. The maximum atomic E-state index is 8.99. The molecule has 0 saturated heterocycles. The predicted molar refractivity (Wildman–Crippen MR) is 64.0 cm³/mol. The number of methoxy groups -OCH3 is 2. The first kappa shape index (κ1) is 13.4. The van der Waals surface area contributed by atoms with Crippen molar-refractivity contribution in [3.63, 3.8) is 0 Å². The summed E-state index contributed by atoms with van der Waals surface area (Å²) >= 11 is 1.50. The Balaban J connectivity index is 2.58. The maximum Gasteiger partial charge on any atom is 0.185 e. The summed E-state index contributed by atoms with van der Waals surface area (Å²) in [5.41, 5.74) is 0. The number of aliphatic hydroxyl groups is 1. The molecule has 0 saturated carbocycles. The second-order valence-electron chi connectivity index (χ2n) is 3.24. The average molecular weight is 246 g/mol. The lowest BCUT2D eigenvalue weighted by Gasteiger charge is -2.20. The topological polar surface area (TPSA) is 54.8 Å². The van der Waals surface area contributed by atoms with E-state index in [1.54, 1.807) is 20.4 Å². The van der Waals surface area contributed by atoms with Crippen molar-refractivity contribution in [1.29, 1.82) is 0 Å². The molecule has 1 N–H and O–H groups in total. The summed E-state index contributed by atoms with van der Waals surface area (Å²) in [5, 5.41) is 9.89. The Hall–Kier alpha value is -0.690. The number of aromatic nitrogens is 1. The van der Waals surface area contributed by atoms with Crippen LogP contribution < -0.4 is 4.90 Å². The van der Waals surface area contributed by atoms with Crippen molar-refractivity contribution >= 4 is 16.5 Å². The minimum Gasteiger partial charge on any atom is -0.391 e. The van der Waals surface area contributed by atoms with Crippen molar-refractivity contribution in [3.05, 3.63) is 11.1 Å². The van der Waals surface area contributed by atoms with Crippen LogP contribution >= 0.6 is 11.3 Å². The Morgan fingerprint density at radius 2 is 1.94 bits per heavy atom. The Labute approximate surface area is 99.6 Å². The van der Waals surface area contributed by atoms with Gasteiger partial charge in [0.2, 0.25) is 0 Å². The van der Waals surface area contributed by atoms with Gasteiger partial charge in [0.25, 0.3) is 0 Å². The van der Waals surface area contributed by atoms with Crippen molar-refractivity contribution in [3.8, 4) is 0 Å². The summed E-state index contributed by atoms with van der Waals surface area (Å²) in [7, 11) is 3.35. The van der Waals surface area contributed by atoms with Crippen LogP contribution in [0.4, 0.5) is 5.13 Å². The fourth-order valence-corrected chi connectivity index (χ4v) is 2.04. The van der Waals surface area contributed by atoms with Crippen LogP contribution in [0.2, 0.25) is 0 Å². The molecule has 0 bridgehead atoms. The zero-order valence-corrected chi connectivity index (χ0v) is 10.5. The van der Waals surface area contributed by atoms with Gasteiger partial charge in [-0.2, -0.15) is 0 Å². The van der Waals surface area contributed by atoms with Crippen LogP contribution in [0.1, 0.15) is 4.88 Å². The standard InChI is InChI=1S/C10H18N2O3S/c1-14-5-3-12(4-6-15-2)10-11-7-9(8-13)16-10/h7,13H,3-6,8H2,1-2H3. The van der Waals surface area contributed by atoms with E-state index in [2.05, 4.69) is 9.88 Å². The molecule has 1 heterocycles. The van der Waals surface area contributed by atoms with E-state index < -0.39 is 0 Å². The zero-order valence-electron chi connectivity index (χ0n) is 9.68. The number of aliphatic hydroxyl groups excluding tert-OH is 1. The number of ether oxygens (including phenoxy) is 2. The highest BCUT2D eigenvalue weighted by Crippen LogP contribution is 2.22. The normalized spacial score (nSPS) is 10.7. The third kappa shape index (κ3) is 4.05. The molecule has 0 amide bonds. The van der Waals surface area contributed by atoms with Crippen molar-refractivity contribution in [2.24, 2.45) is 0 Å². The van der Waals surface area contributed by atoms with Gasteiger partial charge in [0, 0.05) is 33.5 Å². The van der Waals surface area contributed by atoms with Gasteiger partial charge >= 0.3 is 0 Å². The third-order valence-electron chi connectivity index (χ3n) is 2.10. The molecule has 0 aliphatic rings. The summed E-state index contributed by atoms with van der Waals surface area (Å²) in [6.45, 7) is 2.89. The fourth-order valence-electron chi connectivity index (χ4n) is 1.22. The maximum absolute atomic E-state index is 8.99. The lowest BCUT2D eigenvalue weighted by molar-refractivity contribution is 0.190. The first-order valence-corrected chi connectivity index (χ1v) is 5.91. The van der Waals surface area contributed by atoms with Crippen LogP contribution in [-0.4, -0.2) is 50.6 Å². The SMILES string of the molecule is COCCN(CCOC)c1ncc(CO)s1. The lowest BCUT2D eigenvalue weighted by atomic mass is 10.5. The molecule has 1 aromatic heterocycles. The molecule has 6 heteroatoms. The van der Waals surface area contributed by atoms with Crippen LogP contribution in [0.3, 0.4) is 0 Å². The van der Waals surface area contributed by atoms with E-state index in [9.17, 15) is 0 Å². The predicted octanol–water partition coefficient (Wildman–Crippen LogP) is 0.735. The van der Waals surface area contributed by atoms with Crippen LogP contribution in [0.15, 0.2) is 6.20 Å². The highest BCUT2D eigenvalue weighted by Gasteiger charge is 2.10. The second-order valence-corrected chi connectivity index (χ2v) is 4.33. The first-order valence-electron chi connectivity index (χ1n) is 5.10. The number of anilines is 1. The van der Waals surface area contributed by atoms with Gasteiger partial charge in [0.1, 0.15) is 0 Å². The van der Waals surface area contributed by atoms with Crippen LogP contribution in [0.25, 0.3) is 0 Å². The van der Waals surface area contributed by atoms with E-state index >= 15 is 0 Å². The van der Waals surface area contributed by atoms with Gasteiger partial charge in [-0.1, -0.05) is 11.3 Å². The minimum absolute atomic E-state index is 0.0417. The largest absolute Gasteiger partial charge is 0.391 e. The molecule has 0 aliphatic heterocycles. The molecular formula is C10H18N2O3S. The first-order chi connectivity index (χ1) is 7.81. The molecule has 0 aliphatic carbocycles. The Kier molecular flexibility index (Phi) is 6.32. The monoisotopic (exact) mass is 246 g/mol. The van der Waals surface area contributed by atoms with Crippen molar-refractivity contribution in [2.45, 2.75) is 6.61 Å². The van der Waals surface area contributed by atoms with Crippen LogP contribution in [0, 0.1) is 0 Å². The number of hydrogen-bond acceptors (Lipinski definition) is 6. The fraction of sp³-hybridized carbons (Fsp3) is 0.700. The number of thiazole rings is 1. The molecule has 0 fully saturated rings. The summed E-state index contributed by atoms with van der Waals surface area (Å²) in [5.74, 6) is 0. The molecule has 0 radical (unpaired) electrons. The highest BCUT2D eigenvalue weighted by molar-refractivity contribution is 7.15. The molecule has 0 spiro atoms. The lowest BCUT2D eigenvalue weighted by Crippen LogP contribution is -2.30. The molecule has 1 rings (SSSR count). The summed E-state index contributed by atoms with van der Waals surface area (Å²) in [6.07, 6.45) is 1.70. The van der Waals surface area contributed by atoms with E-state index in [4.69, 9.17) is 14.6 Å². The molecule has 0 unspecified atom stereocenters. The zero-order chi connectivity index (χ0) is 11.8. The van der Waals surface area contributed by atoms with Crippen LogP contribution in [0.5, 0.6) is 0 Å². The molecule has 0 atom stereocenters. The van der Waals surface area contributed by atoms with Crippen molar-refractivity contribution < 1.29 is 14.6 Å². The van der Waals surface area contributed by atoms with E-state index in [0.717, 1.165) is 23.1 Å². The van der Waals surface area contributed by atoms with E-state index in [-0.39, 0.29) is 6.61 Å². The molecular weight excluding hydrogens is 228 g/mol. The van der Waals surface area contributed by atoms with E-state index in [1.165, 1.54) is 11.3 Å². The Morgan fingerprint density at radius 3 is 2.38 bits per heavy atom. The molecule has 0 aromatic carbocycles. The van der Waals surface area contributed by atoms with Gasteiger partial charge in [0.15, 0.2) is 5.13 Å². The van der Waals surface area contributed by atoms with Gasteiger partial charge in [0.05, 0.1) is 24.7 Å². The quantitative estimate of drug-likeness (QED) is 0.733. The molecule has 16 heavy (non-hydrogen) atoms. The smallest absolute Gasteiger partial charge is 0.185 e. The molecule has 92 valence electrons. The number of hydrogen-bond donors (Lipinski definition) is 1. The van der Waals surface area contributed by atoms with E-state index in [0.29, 0.717) is 13.2 Å². The Morgan fingerprint density at radius 1 is 1.31 bits per heavy atom. The molecule has 5 nitrogen and oxygen atoms in total. The van der Waals surface area contributed by atoms with Crippen LogP contribution in [-0.2, 0) is 16.1 Å². The van der Waals surface area contributed by atoms with Gasteiger partial charge in [-0.05, 0) is 0 Å². The van der Waals surface area contributed by atoms with Crippen molar-refractivity contribution in [1.82, 2.24) is 4.98 Å². The summed E-state index contributed by atoms with van der Waals surface area (Å²) < 4.78 is 10.1. The van der Waals surface area contributed by atoms with Gasteiger partial charge in [-0.15, -0.1) is 0 Å². The van der Waals surface area contributed by atoms with Crippen molar-refractivity contribution in [2.75, 3.05) is 45.4 Å². The second kappa shape index (κ2) is 7.56. The molecule has 1 aromatic rings. The number of rotatable bonds is 8. The summed E-state index contributed by atoms with van der Waals surface area (Å²) in [6, 6.07) is 0. The van der Waals surface area contributed by atoms with Gasteiger partial charge in [-0.25, -0.2) is 4.98 Å². The minimum atomic E-state index is 0.0417. The summed E-state index contributed by atoms with van der Waals surface area (Å²) in [4.78, 5) is 7.23. The number of nitrogens with zero attached hydrogens (tertiary/aromatic N) is 2. The van der Waals surface area contributed by atoms with Gasteiger partial charge in [-0.3, -0.25) is 0 Å². The van der Waals surface area contributed by atoms with E-state index in [1.807, 2.05) is 0 Å². The third-order valence-corrected chi connectivity index (χ3v) is 3.14. The Bertz CT molecular complexity index is 285. The van der Waals surface area contributed by atoms with Gasteiger partial charge < -0.3 is 19.5 Å².